The second-order valence-electron chi connectivity index (χ2n) is 1.89. The van der Waals surface area contributed by atoms with E-state index in [-0.39, 0.29) is 0 Å². The van der Waals surface area contributed by atoms with Crippen LogP contribution in [0.5, 0.6) is 0 Å². The molecule has 0 bridgehead atoms. The largest absolute Gasteiger partial charge is 0.454 e. The van der Waals surface area contributed by atoms with Gasteiger partial charge in [0.05, 0.1) is 0 Å². The number of alkyl halides is 5. The van der Waals surface area contributed by atoms with Crippen molar-refractivity contribution in [2.45, 2.75) is 12.1 Å². The minimum Gasteiger partial charge on any atom is -0.212 e. The van der Waals surface area contributed by atoms with Crippen LogP contribution in [0.25, 0.3) is 0 Å². The quantitative estimate of drug-likeness (QED) is 0.537. The van der Waals surface area contributed by atoms with Crippen LogP contribution in [0.2, 0.25) is 0 Å². The first-order chi connectivity index (χ1) is 4.96. The first-order valence-corrected chi connectivity index (χ1v) is 4.80. The molecule has 0 radical (unpaired) electrons. The molecule has 0 fully saturated rings. The van der Waals surface area contributed by atoms with Gasteiger partial charge in [0.1, 0.15) is 5.75 Å². The van der Waals surface area contributed by atoms with E-state index in [0.29, 0.717) is 0 Å². The maximum Gasteiger partial charge on any atom is 0.454 e. The molecule has 0 unspecified atom stereocenters. The lowest BCUT2D eigenvalue weighted by Crippen LogP contribution is -2.41. The zero-order valence-corrected chi connectivity index (χ0v) is 6.77. The summed E-state index contributed by atoms with van der Waals surface area (Å²) in [7, 11) is -0.647. The van der Waals surface area contributed by atoms with Crippen LogP contribution in [0.1, 0.15) is 0 Å². The molecule has 0 aliphatic carbocycles. The van der Waals surface area contributed by atoms with E-state index < -0.39 is 26.9 Å². The maximum atomic E-state index is 11.8. The fourth-order valence-electron chi connectivity index (χ4n) is 0.298. The lowest BCUT2D eigenvalue weighted by atomic mass is 10.4. The Hall–Kier alpha value is -0.110. The molecule has 12 heavy (non-hydrogen) atoms. The molecule has 0 saturated heterocycles. The zero-order chi connectivity index (χ0) is 10.2. The van der Waals surface area contributed by atoms with Gasteiger partial charge in [0, 0.05) is 10.7 Å². The molecule has 0 atom stereocenters. The molecular formula is C3H2ClF5O2S. The van der Waals surface area contributed by atoms with E-state index >= 15 is 0 Å². The van der Waals surface area contributed by atoms with E-state index in [2.05, 4.69) is 10.7 Å². The molecule has 0 aromatic rings. The Morgan fingerprint density at radius 3 is 1.50 bits per heavy atom. The number of rotatable bonds is 2. The normalized spacial score (nSPS) is 14.8. The third-order valence-corrected chi connectivity index (χ3v) is 1.80. The maximum absolute atomic E-state index is 11.8. The predicted octanol–water partition coefficient (Wildman–Crippen LogP) is 1.75. The van der Waals surface area contributed by atoms with Gasteiger partial charge in [0.15, 0.2) is 0 Å². The molecule has 0 saturated carbocycles. The number of halogens is 6. The summed E-state index contributed by atoms with van der Waals surface area (Å²) in [5, 5.41) is 0. The third kappa shape index (κ3) is 3.53. The van der Waals surface area contributed by atoms with E-state index in [4.69, 9.17) is 0 Å². The van der Waals surface area contributed by atoms with Gasteiger partial charge < -0.3 is 0 Å². The van der Waals surface area contributed by atoms with E-state index in [9.17, 15) is 30.4 Å². The van der Waals surface area contributed by atoms with Crippen LogP contribution in [-0.2, 0) is 9.05 Å². The highest BCUT2D eigenvalue weighted by Crippen LogP contribution is 2.36. The van der Waals surface area contributed by atoms with Gasteiger partial charge in [-0.3, -0.25) is 0 Å². The molecular weight excluding hydrogens is 231 g/mol. The second-order valence-corrected chi connectivity index (χ2v) is 4.66. The average molecular weight is 233 g/mol. The van der Waals surface area contributed by atoms with Crippen LogP contribution in [0.15, 0.2) is 0 Å². The Morgan fingerprint density at radius 1 is 1.08 bits per heavy atom. The van der Waals surface area contributed by atoms with Gasteiger partial charge >= 0.3 is 12.1 Å². The smallest absolute Gasteiger partial charge is 0.212 e. The first kappa shape index (κ1) is 11.9. The molecule has 74 valence electrons. The summed E-state index contributed by atoms with van der Waals surface area (Å²) in [6.07, 6.45) is -5.89. The summed E-state index contributed by atoms with van der Waals surface area (Å²) in [6.45, 7) is 0. The van der Waals surface area contributed by atoms with Crippen molar-refractivity contribution < 1.29 is 30.4 Å². The first-order valence-electron chi connectivity index (χ1n) is 2.32. The summed E-state index contributed by atoms with van der Waals surface area (Å²) in [4.78, 5) is 0. The highest BCUT2D eigenvalue weighted by molar-refractivity contribution is 8.13. The third-order valence-electron chi connectivity index (χ3n) is 0.768. The Morgan fingerprint density at radius 2 is 1.42 bits per heavy atom. The zero-order valence-electron chi connectivity index (χ0n) is 5.20. The van der Waals surface area contributed by atoms with Crippen molar-refractivity contribution >= 4 is 19.7 Å². The minimum atomic E-state index is -5.89. The summed E-state index contributed by atoms with van der Waals surface area (Å²) < 4.78 is 77.3. The molecule has 0 aliphatic heterocycles. The highest BCUT2D eigenvalue weighted by atomic mass is 35.7. The fourth-order valence-corrected chi connectivity index (χ4v) is 1.31. The van der Waals surface area contributed by atoms with Crippen molar-refractivity contribution in [1.29, 1.82) is 0 Å². The highest BCUT2D eigenvalue weighted by Gasteiger charge is 2.59. The topological polar surface area (TPSA) is 34.1 Å². The van der Waals surface area contributed by atoms with E-state index in [1.807, 2.05) is 0 Å². The van der Waals surface area contributed by atoms with Crippen LogP contribution < -0.4 is 0 Å². The van der Waals surface area contributed by atoms with Gasteiger partial charge in [-0.1, -0.05) is 0 Å². The summed E-state index contributed by atoms with van der Waals surface area (Å²) in [5.41, 5.74) is 0. The Labute approximate surface area is 68.7 Å². The molecule has 0 heterocycles. The van der Waals surface area contributed by atoms with Crippen LogP contribution >= 0.6 is 10.7 Å². The molecule has 0 aliphatic rings. The standard InChI is InChI=1S/C3H2ClF5O2S/c4-12(10,11)1-2(5,6)3(7,8)9/h1H2. The monoisotopic (exact) mass is 232 g/mol. The van der Waals surface area contributed by atoms with Crippen LogP contribution in [0.4, 0.5) is 22.0 Å². The van der Waals surface area contributed by atoms with Gasteiger partial charge in [0.25, 0.3) is 0 Å². The average Bonchev–Trinajstić information content (AvgIpc) is 1.52. The molecule has 0 spiro atoms. The molecule has 0 aromatic carbocycles. The molecule has 2 nitrogen and oxygen atoms in total. The summed E-state index contributed by atoms with van der Waals surface area (Å²) in [5.74, 6) is -7.74. The fraction of sp³-hybridized carbons (Fsp3) is 1.00. The lowest BCUT2D eigenvalue weighted by Gasteiger charge is -2.17. The van der Waals surface area contributed by atoms with Crippen molar-refractivity contribution in [3.63, 3.8) is 0 Å². The molecule has 9 heteroatoms. The summed E-state index contributed by atoms with van der Waals surface area (Å²) in [6, 6.07) is 0. The number of hydrogen-bond donors (Lipinski definition) is 0. The summed E-state index contributed by atoms with van der Waals surface area (Å²) >= 11 is 0. The van der Waals surface area contributed by atoms with Crippen molar-refractivity contribution in [2.75, 3.05) is 5.75 Å². The van der Waals surface area contributed by atoms with E-state index in [1.54, 1.807) is 0 Å². The number of hydrogen-bond acceptors (Lipinski definition) is 2. The van der Waals surface area contributed by atoms with Crippen molar-refractivity contribution in [2.24, 2.45) is 0 Å². The van der Waals surface area contributed by atoms with Crippen LogP contribution in [0, 0.1) is 0 Å². The van der Waals surface area contributed by atoms with Crippen LogP contribution in [0.3, 0.4) is 0 Å². The van der Waals surface area contributed by atoms with Gasteiger partial charge in [0.2, 0.25) is 9.05 Å². The molecule has 0 N–H and O–H groups in total. The van der Waals surface area contributed by atoms with Gasteiger partial charge in [-0.2, -0.15) is 22.0 Å². The van der Waals surface area contributed by atoms with Crippen molar-refractivity contribution in [3.05, 3.63) is 0 Å². The Kier molecular flexibility index (Phi) is 2.96. The van der Waals surface area contributed by atoms with E-state index in [0.717, 1.165) is 0 Å². The Bertz CT molecular complexity index is 254. The predicted molar refractivity (Wildman–Crippen MR) is 30.6 cm³/mol. The van der Waals surface area contributed by atoms with E-state index in [1.165, 1.54) is 0 Å². The van der Waals surface area contributed by atoms with Gasteiger partial charge in [-0.05, 0) is 0 Å². The SMILES string of the molecule is O=S(=O)(Cl)CC(F)(F)C(F)(F)F. The minimum absolute atomic E-state index is 2.44. The second kappa shape index (κ2) is 2.99. The van der Waals surface area contributed by atoms with Gasteiger partial charge in [-0.15, -0.1) is 0 Å². The molecule has 0 rings (SSSR count). The Balaban J connectivity index is 4.67. The van der Waals surface area contributed by atoms with Crippen LogP contribution in [-0.4, -0.2) is 26.3 Å². The van der Waals surface area contributed by atoms with Crippen molar-refractivity contribution in [1.82, 2.24) is 0 Å². The molecule has 0 aromatic heterocycles. The van der Waals surface area contributed by atoms with Gasteiger partial charge in [-0.25, -0.2) is 8.42 Å². The lowest BCUT2D eigenvalue weighted by molar-refractivity contribution is -0.271. The van der Waals surface area contributed by atoms with Crippen molar-refractivity contribution in [3.8, 4) is 0 Å². The molecule has 0 amide bonds.